The topological polar surface area (TPSA) is 74.1 Å². The van der Waals surface area contributed by atoms with Crippen molar-refractivity contribution in [2.45, 2.75) is 19.7 Å². The highest BCUT2D eigenvalue weighted by Crippen LogP contribution is 2.41. The molecule has 0 fully saturated rings. The van der Waals surface area contributed by atoms with Crippen LogP contribution in [0.25, 0.3) is 10.5 Å². The molecule has 34 heavy (non-hydrogen) atoms. The molecule has 2 heterocycles. The number of aromatic nitrogens is 1. The fourth-order valence-corrected chi connectivity index (χ4v) is 4.06. The van der Waals surface area contributed by atoms with Gasteiger partial charge in [-0.2, -0.15) is 0 Å². The van der Waals surface area contributed by atoms with Gasteiger partial charge in [-0.15, -0.1) is 0 Å². The number of fused-ring (bicyclic) bond motifs is 1. The Morgan fingerprint density at radius 3 is 2.24 bits per heavy atom. The van der Waals surface area contributed by atoms with Crippen LogP contribution in [0.5, 0.6) is 11.5 Å². The summed E-state index contributed by atoms with van der Waals surface area (Å²) in [5.41, 5.74) is 10.0. The van der Waals surface area contributed by atoms with Gasteiger partial charge in [-0.05, 0) is 42.0 Å². The Morgan fingerprint density at radius 2 is 1.56 bits per heavy atom. The number of benzene rings is 3. The average molecular weight is 450 g/mol. The van der Waals surface area contributed by atoms with E-state index in [1.165, 1.54) is 0 Å². The normalized spacial score (nSPS) is 12.1. The van der Waals surface area contributed by atoms with Crippen LogP contribution in [0.15, 0.2) is 84.9 Å². The van der Waals surface area contributed by atoms with Crippen molar-refractivity contribution >= 4 is 17.6 Å². The zero-order chi connectivity index (χ0) is 23.5. The molecule has 0 saturated heterocycles. The molecule has 1 aromatic heterocycles. The molecule has 0 spiro atoms. The number of nitrogens with two attached hydrogens (primary N) is 1. The second-order valence-corrected chi connectivity index (χ2v) is 7.92. The number of ether oxygens (including phenoxy) is 2. The van der Waals surface area contributed by atoms with Gasteiger partial charge in [-0.3, -0.25) is 9.47 Å². The Bertz CT molecular complexity index is 1360. The van der Waals surface area contributed by atoms with Crippen molar-refractivity contribution in [3.63, 3.8) is 0 Å². The number of nitrogens with zero attached hydrogens (tertiary/aromatic N) is 3. The summed E-state index contributed by atoms with van der Waals surface area (Å²) in [6.07, 6.45) is -0.415. The number of rotatable bonds is 5. The smallest absolute Gasteiger partial charge is 0.410 e. The van der Waals surface area contributed by atoms with Crippen molar-refractivity contribution in [2.24, 2.45) is 0 Å². The van der Waals surface area contributed by atoms with Crippen LogP contribution < -0.4 is 10.5 Å². The lowest BCUT2D eigenvalue weighted by atomic mass is 10.2. The maximum Gasteiger partial charge on any atom is 0.410 e. The number of nitrogen functional groups attached to an aromatic ring is 1. The summed E-state index contributed by atoms with van der Waals surface area (Å²) in [7, 11) is 0. The SMILES string of the molecule is [C-]#[N+]c1c(N)c2c(n1-c1ccc(Oc3ccccc3)cc1)CN(C(=O)OCc1ccccc1)C2. The first kappa shape index (κ1) is 21.2. The standard InChI is InChI=1S/C27H22N4O3/c1-29-26-25(28)23-16-30(27(32)33-18-19-8-4-2-5-9-19)17-24(23)31(26)20-12-14-22(15-13-20)34-21-10-6-3-7-11-21/h2-15H,16-18,28H2. The molecule has 0 radical (unpaired) electrons. The second-order valence-electron chi connectivity index (χ2n) is 7.92. The molecule has 7 heteroatoms. The quantitative estimate of drug-likeness (QED) is 0.375. The van der Waals surface area contributed by atoms with Crippen LogP contribution in [-0.2, 0) is 24.4 Å². The molecule has 0 aliphatic carbocycles. The van der Waals surface area contributed by atoms with Crippen molar-refractivity contribution in [3.8, 4) is 17.2 Å². The molecule has 0 atom stereocenters. The van der Waals surface area contributed by atoms with Crippen LogP contribution in [-0.4, -0.2) is 15.6 Å². The van der Waals surface area contributed by atoms with Gasteiger partial charge in [0.25, 0.3) is 5.82 Å². The molecule has 0 unspecified atom stereocenters. The average Bonchev–Trinajstić information content (AvgIpc) is 3.42. The second kappa shape index (κ2) is 9.04. The summed E-state index contributed by atoms with van der Waals surface area (Å²) in [6, 6.07) is 26.5. The van der Waals surface area contributed by atoms with Crippen molar-refractivity contribution in [1.29, 1.82) is 0 Å². The number of para-hydroxylation sites is 1. The Hall–Kier alpha value is -4.70. The van der Waals surface area contributed by atoms with E-state index < -0.39 is 6.09 Å². The van der Waals surface area contributed by atoms with Gasteiger partial charge in [0.05, 0.1) is 18.8 Å². The fraction of sp³-hybridized carbons (Fsp3) is 0.111. The van der Waals surface area contributed by atoms with E-state index in [0.29, 0.717) is 30.3 Å². The Labute approximate surface area is 197 Å². The Balaban J connectivity index is 1.36. The van der Waals surface area contributed by atoms with Gasteiger partial charge in [-0.1, -0.05) is 55.1 Å². The molecular weight excluding hydrogens is 428 g/mol. The maximum atomic E-state index is 12.7. The molecule has 0 saturated carbocycles. The van der Waals surface area contributed by atoms with Crippen LogP contribution >= 0.6 is 0 Å². The van der Waals surface area contributed by atoms with Crippen molar-refractivity contribution in [1.82, 2.24) is 9.47 Å². The minimum Gasteiger partial charge on any atom is -0.457 e. The van der Waals surface area contributed by atoms with E-state index in [4.69, 9.17) is 21.8 Å². The molecule has 1 aliphatic rings. The van der Waals surface area contributed by atoms with Gasteiger partial charge in [0.15, 0.2) is 0 Å². The highest BCUT2D eigenvalue weighted by Gasteiger charge is 2.35. The van der Waals surface area contributed by atoms with Gasteiger partial charge in [0, 0.05) is 5.56 Å². The summed E-state index contributed by atoms with van der Waals surface area (Å²) in [5, 5.41) is 0. The van der Waals surface area contributed by atoms with E-state index in [-0.39, 0.29) is 6.61 Å². The molecule has 168 valence electrons. The van der Waals surface area contributed by atoms with Gasteiger partial charge < -0.3 is 20.1 Å². The summed E-state index contributed by atoms with van der Waals surface area (Å²) in [4.78, 5) is 18.0. The van der Waals surface area contributed by atoms with E-state index in [1.807, 2.05) is 89.5 Å². The summed E-state index contributed by atoms with van der Waals surface area (Å²) in [5.74, 6) is 1.77. The maximum absolute atomic E-state index is 12.7. The van der Waals surface area contributed by atoms with Crippen molar-refractivity contribution < 1.29 is 14.3 Å². The molecule has 7 nitrogen and oxygen atoms in total. The van der Waals surface area contributed by atoms with Crippen molar-refractivity contribution in [3.05, 3.63) is 113 Å². The minimum absolute atomic E-state index is 0.200. The monoisotopic (exact) mass is 450 g/mol. The molecule has 5 rings (SSSR count). The first-order valence-corrected chi connectivity index (χ1v) is 10.8. The van der Waals surface area contributed by atoms with Crippen LogP contribution in [0, 0.1) is 6.57 Å². The Morgan fingerprint density at radius 1 is 0.912 bits per heavy atom. The van der Waals surface area contributed by atoms with E-state index in [2.05, 4.69) is 4.85 Å². The Kier molecular flexibility index (Phi) is 5.63. The fourth-order valence-electron chi connectivity index (χ4n) is 4.06. The number of carbonyl (C=O) groups excluding carboxylic acids is 1. The first-order chi connectivity index (χ1) is 16.6. The molecular formula is C27H22N4O3. The van der Waals surface area contributed by atoms with E-state index in [1.54, 1.807) is 4.90 Å². The predicted octanol–water partition coefficient (Wildman–Crippen LogP) is 6.05. The highest BCUT2D eigenvalue weighted by atomic mass is 16.6. The lowest BCUT2D eigenvalue weighted by Gasteiger charge is -2.16. The largest absolute Gasteiger partial charge is 0.457 e. The van der Waals surface area contributed by atoms with E-state index >= 15 is 0 Å². The van der Waals surface area contributed by atoms with Crippen LogP contribution in [0.3, 0.4) is 0 Å². The van der Waals surface area contributed by atoms with Crippen LogP contribution in [0.2, 0.25) is 0 Å². The molecule has 2 N–H and O–H groups in total. The predicted molar refractivity (Wildman–Crippen MR) is 129 cm³/mol. The molecule has 1 amide bonds. The molecule has 1 aliphatic heterocycles. The first-order valence-electron chi connectivity index (χ1n) is 10.8. The number of carbonyl (C=O) groups is 1. The van der Waals surface area contributed by atoms with E-state index in [0.717, 1.165) is 28.3 Å². The summed E-state index contributed by atoms with van der Waals surface area (Å²) >= 11 is 0. The molecule has 4 aromatic rings. The summed E-state index contributed by atoms with van der Waals surface area (Å²) in [6.45, 7) is 8.48. The lowest BCUT2D eigenvalue weighted by Crippen LogP contribution is -2.26. The van der Waals surface area contributed by atoms with Crippen LogP contribution in [0.4, 0.5) is 16.3 Å². The molecule has 0 bridgehead atoms. The van der Waals surface area contributed by atoms with Gasteiger partial charge >= 0.3 is 6.09 Å². The van der Waals surface area contributed by atoms with Crippen molar-refractivity contribution in [2.75, 3.05) is 5.73 Å². The van der Waals surface area contributed by atoms with Gasteiger partial charge in [0.1, 0.15) is 29.5 Å². The van der Waals surface area contributed by atoms with Crippen LogP contribution in [0.1, 0.15) is 16.8 Å². The van der Waals surface area contributed by atoms with Gasteiger partial charge in [0.2, 0.25) is 0 Å². The number of anilines is 1. The van der Waals surface area contributed by atoms with Gasteiger partial charge in [-0.25, -0.2) is 4.79 Å². The van der Waals surface area contributed by atoms with E-state index in [9.17, 15) is 4.79 Å². The third-order valence-corrected chi connectivity index (χ3v) is 5.73. The number of hydrogen-bond acceptors (Lipinski definition) is 4. The molecule has 3 aromatic carbocycles. The minimum atomic E-state index is -0.415. The number of amides is 1. The third-order valence-electron chi connectivity index (χ3n) is 5.73. The lowest BCUT2D eigenvalue weighted by molar-refractivity contribution is 0.0951. The zero-order valence-electron chi connectivity index (χ0n) is 18.3. The number of hydrogen-bond donors (Lipinski definition) is 1. The zero-order valence-corrected chi connectivity index (χ0v) is 18.3. The highest BCUT2D eigenvalue weighted by molar-refractivity contribution is 5.77. The third kappa shape index (κ3) is 4.05. The summed E-state index contributed by atoms with van der Waals surface area (Å²) < 4.78 is 13.2.